The third kappa shape index (κ3) is 3.72. The molecule has 0 saturated heterocycles. The zero-order valence-corrected chi connectivity index (χ0v) is 21.0. The van der Waals surface area contributed by atoms with Gasteiger partial charge in [0.1, 0.15) is 5.75 Å². The van der Waals surface area contributed by atoms with E-state index in [1.54, 1.807) is 42.5 Å². The van der Waals surface area contributed by atoms with E-state index in [4.69, 9.17) is 9.29 Å². The Morgan fingerprint density at radius 3 is 1.55 bits per heavy atom. The maximum atomic E-state index is 14.8. The van der Waals surface area contributed by atoms with Gasteiger partial charge in [-0.2, -0.15) is 17.2 Å². The highest BCUT2D eigenvalue weighted by Gasteiger charge is 2.54. The van der Waals surface area contributed by atoms with E-state index in [0.29, 0.717) is 5.56 Å². The molecule has 3 aliphatic rings. The Balaban J connectivity index is 1.55. The minimum absolute atomic E-state index is 0.139. The summed E-state index contributed by atoms with van der Waals surface area (Å²) in [7, 11) is -5.70. The van der Waals surface area contributed by atoms with Crippen molar-refractivity contribution in [2.45, 2.75) is 22.6 Å². The van der Waals surface area contributed by atoms with Crippen LogP contribution < -0.4 is 4.74 Å². The average Bonchev–Trinajstić information content (AvgIpc) is 2.93. The number of ether oxygens (including phenoxy) is 1. The number of fused-ring (bicyclic) bond motifs is 1. The van der Waals surface area contributed by atoms with Gasteiger partial charge in [-0.25, -0.2) is 8.78 Å². The highest BCUT2D eigenvalue weighted by Crippen LogP contribution is 2.62. The van der Waals surface area contributed by atoms with E-state index in [9.17, 15) is 35.9 Å². The van der Waals surface area contributed by atoms with Gasteiger partial charge in [-0.1, -0.05) is 66.7 Å². The first-order chi connectivity index (χ1) is 19.0. The Morgan fingerprint density at radius 1 is 0.675 bits per heavy atom. The van der Waals surface area contributed by atoms with Gasteiger partial charge in [0.05, 0.1) is 5.92 Å². The number of para-hydroxylation sites is 1. The van der Waals surface area contributed by atoms with Crippen LogP contribution in [0, 0.1) is 29.2 Å². The molecule has 0 aliphatic heterocycles. The summed E-state index contributed by atoms with van der Waals surface area (Å²) in [5, 5.41) is 10.8. The highest BCUT2D eigenvalue weighted by molar-refractivity contribution is 7.85. The van der Waals surface area contributed by atoms with Crippen molar-refractivity contribution in [3.05, 3.63) is 124 Å². The molecule has 0 saturated carbocycles. The lowest BCUT2D eigenvalue weighted by Crippen LogP contribution is -2.44. The first-order valence-electron chi connectivity index (χ1n) is 12.0. The van der Waals surface area contributed by atoms with E-state index >= 15 is 0 Å². The van der Waals surface area contributed by atoms with Gasteiger partial charge in [-0.05, 0) is 33.9 Å². The minimum atomic E-state index is -5.70. The van der Waals surface area contributed by atoms with Crippen LogP contribution in [0.3, 0.4) is 0 Å². The van der Waals surface area contributed by atoms with Crippen molar-refractivity contribution in [1.29, 1.82) is 0 Å². The lowest BCUT2D eigenvalue weighted by atomic mass is 9.53. The van der Waals surface area contributed by atoms with Crippen LogP contribution in [-0.2, 0) is 14.9 Å². The molecule has 2 bridgehead atoms. The maximum Gasteiger partial charge on any atom is 0.316 e. The Labute approximate surface area is 225 Å². The predicted molar refractivity (Wildman–Crippen MR) is 133 cm³/mol. The van der Waals surface area contributed by atoms with Gasteiger partial charge in [-0.15, -0.1) is 0 Å². The quantitative estimate of drug-likeness (QED) is 0.106. The summed E-state index contributed by atoms with van der Waals surface area (Å²) < 4.78 is 95.3. The molecular weight excluding hydrogens is 552 g/mol. The second-order valence-electron chi connectivity index (χ2n) is 9.63. The first-order valence-corrected chi connectivity index (χ1v) is 13.5. The minimum Gasteiger partial charge on any atom is -0.508 e. The number of esters is 1. The smallest absolute Gasteiger partial charge is 0.316 e. The van der Waals surface area contributed by atoms with Crippen molar-refractivity contribution in [1.82, 2.24) is 0 Å². The number of benzene rings is 4. The molecule has 0 spiro atoms. The van der Waals surface area contributed by atoms with Crippen LogP contribution in [0.4, 0.5) is 17.6 Å². The second-order valence-corrected chi connectivity index (χ2v) is 11.0. The third-order valence-electron chi connectivity index (χ3n) is 7.65. The van der Waals surface area contributed by atoms with E-state index in [1.807, 2.05) is 24.3 Å². The predicted octanol–water partition coefficient (Wildman–Crippen LogP) is 5.79. The molecule has 7 rings (SSSR count). The summed E-state index contributed by atoms with van der Waals surface area (Å²) in [6, 6.07) is 20.8. The molecule has 4 aromatic carbocycles. The molecule has 2 unspecified atom stereocenters. The molecule has 4 aromatic rings. The molecule has 0 radical (unpaired) electrons. The molecule has 2 atom stereocenters. The summed E-state index contributed by atoms with van der Waals surface area (Å²) in [6.07, 6.45) is 0. The molecule has 0 heterocycles. The molecular formula is C29H18F4O6S. The summed E-state index contributed by atoms with van der Waals surface area (Å²) in [5.74, 6) is -16.0. The first kappa shape index (κ1) is 26.0. The Bertz CT molecular complexity index is 1750. The number of rotatable bonds is 4. The Hall–Kier alpha value is -4.22. The van der Waals surface area contributed by atoms with Crippen molar-refractivity contribution in [2.75, 3.05) is 0 Å². The monoisotopic (exact) mass is 570 g/mol. The normalized spacial score (nSPS) is 21.0. The number of phenolic OH excluding ortho intramolecular Hbond substituents is 1. The van der Waals surface area contributed by atoms with Crippen molar-refractivity contribution in [3.8, 4) is 11.5 Å². The van der Waals surface area contributed by atoms with Crippen LogP contribution in [0.15, 0.2) is 77.7 Å². The van der Waals surface area contributed by atoms with Gasteiger partial charge in [0.15, 0.2) is 16.5 Å². The van der Waals surface area contributed by atoms with E-state index in [-0.39, 0.29) is 5.75 Å². The molecule has 204 valence electrons. The lowest BCUT2D eigenvalue weighted by molar-refractivity contribution is -0.141. The Morgan fingerprint density at radius 2 is 1.10 bits per heavy atom. The SMILES string of the molecule is O=C(Oc1c(F)c(F)c(S(=O)(=O)O)c(F)c1F)C1C2c3ccccc3C(c3ccccc32)C1c1ccccc1O. The highest BCUT2D eigenvalue weighted by atomic mass is 32.2. The number of hydrogen-bond acceptors (Lipinski definition) is 5. The molecule has 0 aromatic heterocycles. The number of carbonyl (C=O) groups is 1. The fourth-order valence-electron chi connectivity index (χ4n) is 6.18. The number of aromatic hydroxyl groups is 1. The molecule has 0 amide bonds. The number of halogens is 4. The van der Waals surface area contributed by atoms with Gasteiger partial charge in [0.25, 0.3) is 0 Å². The molecule has 6 nitrogen and oxygen atoms in total. The van der Waals surface area contributed by atoms with E-state index < -0.39 is 73.7 Å². The van der Waals surface area contributed by atoms with Crippen molar-refractivity contribution in [2.24, 2.45) is 5.92 Å². The van der Waals surface area contributed by atoms with Gasteiger partial charge in [0.2, 0.25) is 17.4 Å². The van der Waals surface area contributed by atoms with Crippen LogP contribution in [0.2, 0.25) is 0 Å². The van der Waals surface area contributed by atoms with Gasteiger partial charge in [-0.3, -0.25) is 9.35 Å². The van der Waals surface area contributed by atoms with Crippen LogP contribution in [0.1, 0.15) is 45.6 Å². The summed E-state index contributed by atoms with van der Waals surface area (Å²) >= 11 is 0. The lowest BCUT2D eigenvalue weighted by Gasteiger charge is -2.49. The molecule has 11 heteroatoms. The van der Waals surface area contributed by atoms with E-state index in [0.717, 1.165) is 22.3 Å². The van der Waals surface area contributed by atoms with E-state index in [2.05, 4.69) is 0 Å². The zero-order valence-electron chi connectivity index (χ0n) is 20.2. The van der Waals surface area contributed by atoms with E-state index in [1.165, 1.54) is 6.07 Å². The summed E-state index contributed by atoms with van der Waals surface area (Å²) in [4.78, 5) is 11.6. The van der Waals surface area contributed by atoms with Gasteiger partial charge >= 0.3 is 16.1 Å². The van der Waals surface area contributed by atoms with Crippen molar-refractivity contribution < 1.29 is 45.2 Å². The number of phenols is 1. The standard InChI is InChI=1S/C29H18F4O6S/c30-23-25(32)28(40(36,37)38)26(33)24(31)27(23)39-29(35)22-20-15-9-3-1-7-13(15)19(14-8-2-4-10-16(14)20)21(22)17-11-5-6-12-18(17)34/h1-12,19-22,34H,(H,36,37,38). The number of hydrogen-bond donors (Lipinski definition) is 2. The fraction of sp³-hybridized carbons (Fsp3) is 0.138. The zero-order chi connectivity index (χ0) is 28.5. The third-order valence-corrected chi connectivity index (χ3v) is 8.52. The summed E-state index contributed by atoms with van der Waals surface area (Å²) in [6.45, 7) is 0. The van der Waals surface area contributed by atoms with Crippen molar-refractivity contribution in [3.63, 3.8) is 0 Å². The van der Waals surface area contributed by atoms with Gasteiger partial charge in [0, 0.05) is 17.8 Å². The topological polar surface area (TPSA) is 101 Å². The summed E-state index contributed by atoms with van der Waals surface area (Å²) in [5.41, 5.74) is 3.56. The molecule has 3 aliphatic carbocycles. The largest absolute Gasteiger partial charge is 0.508 e. The fourth-order valence-corrected chi connectivity index (χ4v) is 6.81. The maximum absolute atomic E-state index is 14.8. The van der Waals surface area contributed by atoms with Gasteiger partial charge < -0.3 is 9.84 Å². The van der Waals surface area contributed by atoms with Crippen LogP contribution in [0.25, 0.3) is 0 Å². The average molecular weight is 571 g/mol. The molecule has 0 fully saturated rings. The van der Waals surface area contributed by atoms with Crippen LogP contribution in [0.5, 0.6) is 11.5 Å². The molecule has 40 heavy (non-hydrogen) atoms. The van der Waals surface area contributed by atoms with Crippen LogP contribution >= 0.6 is 0 Å². The molecule has 2 N–H and O–H groups in total. The van der Waals surface area contributed by atoms with Crippen molar-refractivity contribution >= 4 is 16.1 Å². The number of carbonyl (C=O) groups excluding carboxylic acids is 1. The van der Waals surface area contributed by atoms with Crippen LogP contribution in [-0.4, -0.2) is 24.0 Å². The Kier molecular flexibility index (Phi) is 5.97. The second kappa shape index (κ2) is 9.17.